The molecule has 0 saturated carbocycles. The lowest BCUT2D eigenvalue weighted by atomic mass is 10.1. The number of benzene rings is 3. The molecular weight excluding hydrogens is 444 g/mol. The summed E-state index contributed by atoms with van der Waals surface area (Å²) in [6.07, 6.45) is 8.16. The van der Waals surface area contributed by atoms with E-state index in [-0.39, 0.29) is 0 Å². The monoisotopic (exact) mass is 472 g/mol. The second-order valence-electron chi connectivity index (χ2n) is 8.63. The van der Waals surface area contributed by atoms with E-state index in [4.69, 9.17) is 4.98 Å². The minimum absolute atomic E-state index is 0.611. The van der Waals surface area contributed by atoms with Crippen molar-refractivity contribution in [3.8, 4) is 6.07 Å². The molecule has 0 radical (unpaired) electrons. The summed E-state index contributed by atoms with van der Waals surface area (Å²) < 4.78 is 0. The van der Waals surface area contributed by atoms with Crippen molar-refractivity contribution in [2.24, 2.45) is 0 Å². The Kier molecular flexibility index (Phi) is 7.98. The van der Waals surface area contributed by atoms with Crippen LogP contribution in [0.3, 0.4) is 0 Å². The Balaban J connectivity index is 1.70. The lowest BCUT2D eigenvalue weighted by molar-refractivity contribution is 1.09. The Morgan fingerprint density at radius 2 is 1.37 bits per heavy atom. The van der Waals surface area contributed by atoms with Crippen LogP contribution in [0.1, 0.15) is 50.2 Å². The molecule has 0 amide bonds. The van der Waals surface area contributed by atoms with Crippen LogP contribution in [-0.2, 0) is 5.75 Å². The van der Waals surface area contributed by atoms with Crippen molar-refractivity contribution in [2.45, 2.75) is 31.6 Å². The van der Waals surface area contributed by atoms with Gasteiger partial charge in [-0.1, -0.05) is 102 Å². The van der Waals surface area contributed by atoms with Gasteiger partial charge < -0.3 is 0 Å². The van der Waals surface area contributed by atoms with Gasteiger partial charge in [-0.05, 0) is 60.7 Å². The van der Waals surface area contributed by atoms with Crippen LogP contribution in [0, 0.1) is 32.1 Å². The number of pyridine rings is 1. The highest BCUT2D eigenvalue weighted by Gasteiger charge is 2.12. The normalized spacial score (nSPS) is 11.3. The summed E-state index contributed by atoms with van der Waals surface area (Å²) >= 11 is 1.61. The molecule has 0 atom stereocenters. The highest BCUT2D eigenvalue weighted by atomic mass is 32.2. The minimum Gasteiger partial charge on any atom is -0.241 e. The molecule has 0 N–H and O–H groups in total. The maximum Gasteiger partial charge on any atom is 0.115 e. The zero-order chi connectivity index (χ0) is 24.6. The Hall–Kier alpha value is -3.87. The van der Waals surface area contributed by atoms with Gasteiger partial charge in [0.2, 0.25) is 0 Å². The van der Waals surface area contributed by atoms with E-state index in [9.17, 15) is 5.26 Å². The van der Waals surface area contributed by atoms with E-state index in [1.807, 2.05) is 24.3 Å². The van der Waals surface area contributed by atoms with Crippen LogP contribution >= 0.6 is 11.8 Å². The lowest BCUT2D eigenvalue weighted by Crippen LogP contribution is -1.96. The van der Waals surface area contributed by atoms with E-state index < -0.39 is 0 Å². The molecule has 4 rings (SSSR count). The molecule has 0 aliphatic carbocycles. The maximum absolute atomic E-state index is 10.1. The molecular formula is C32H28N2S. The van der Waals surface area contributed by atoms with Gasteiger partial charge in [0, 0.05) is 5.75 Å². The Morgan fingerprint density at radius 1 is 0.771 bits per heavy atom. The number of aromatic nitrogens is 1. The van der Waals surface area contributed by atoms with Crippen molar-refractivity contribution in [2.75, 3.05) is 0 Å². The minimum atomic E-state index is 0.611. The van der Waals surface area contributed by atoms with E-state index in [0.717, 1.165) is 33.2 Å². The summed E-state index contributed by atoms with van der Waals surface area (Å²) in [6.45, 7) is 6.28. The molecule has 0 aliphatic heterocycles. The molecule has 35 heavy (non-hydrogen) atoms. The fourth-order valence-corrected chi connectivity index (χ4v) is 4.73. The van der Waals surface area contributed by atoms with Crippen molar-refractivity contribution in [1.82, 2.24) is 4.98 Å². The van der Waals surface area contributed by atoms with Crippen molar-refractivity contribution in [3.05, 3.63) is 129 Å². The molecule has 2 nitrogen and oxygen atoms in total. The maximum atomic E-state index is 10.1. The summed E-state index contributed by atoms with van der Waals surface area (Å²) in [5.41, 5.74) is 9.49. The summed E-state index contributed by atoms with van der Waals surface area (Å²) in [7, 11) is 0. The third kappa shape index (κ3) is 6.59. The zero-order valence-corrected chi connectivity index (χ0v) is 21.1. The lowest BCUT2D eigenvalue weighted by Gasteiger charge is -2.10. The van der Waals surface area contributed by atoms with Crippen LogP contribution in [0.4, 0.5) is 0 Å². The van der Waals surface area contributed by atoms with E-state index >= 15 is 0 Å². The number of nitrogens with zero attached hydrogens (tertiary/aromatic N) is 2. The average Bonchev–Trinajstić information content (AvgIpc) is 2.87. The quantitative estimate of drug-likeness (QED) is 0.253. The first kappa shape index (κ1) is 24.3. The Bertz CT molecular complexity index is 1410. The van der Waals surface area contributed by atoms with E-state index in [1.165, 1.54) is 22.3 Å². The molecule has 0 unspecified atom stereocenters. The van der Waals surface area contributed by atoms with Gasteiger partial charge in [-0.25, -0.2) is 4.98 Å². The topological polar surface area (TPSA) is 36.7 Å². The van der Waals surface area contributed by atoms with Gasteiger partial charge in [-0.3, -0.25) is 0 Å². The number of thioether (sulfide) groups is 1. The van der Waals surface area contributed by atoms with Gasteiger partial charge in [-0.15, -0.1) is 11.8 Å². The second kappa shape index (κ2) is 11.5. The molecule has 0 saturated heterocycles. The predicted molar refractivity (Wildman–Crippen MR) is 150 cm³/mol. The Labute approximate surface area is 212 Å². The number of nitriles is 1. The predicted octanol–water partition coefficient (Wildman–Crippen LogP) is 8.51. The van der Waals surface area contributed by atoms with Crippen LogP contribution in [0.2, 0.25) is 0 Å². The third-order valence-electron chi connectivity index (χ3n) is 5.83. The number of hydrogen-bond donors (Lipinski definition) is 0. The van der Waals surface area contributed by atoms with Crippen LogP contribution in [0.15, 0.2) is 83.9 Å². The Morgan fingerprint density at radius 3 is 1.97 bits per heavy atom. The molecule has 0 bridgehead atoms. The van der Waals surface area contributed by atoms with Gasteiger partial charge in [-0.2, -0.15) is 5.26 Å². The van der Waals surface area contributed by atoms with Crippen molar-refractivity contribution < 1.29 is 0 Å². The first-order valence-electron chi connectivity index (χ1n) is 11.6. The van der Waals surface area contributed by atoms with E-state index in [1.54, 1.807) is 11.8 Å². The van der Waals surface area contributed by atoms with Gasteiger partial charge in [0.25, 0.3) is 0 Å². The molecule has 4 aromatic rings. The van der Waals surface area contributed by atoms with E-state index in [2.05, 4.69) is 106 Å². The number of aryl methyl sites for hydroxylation is 3. The summed E-state index contributed by atoms with van der Waals surface area (Å²) in [4.78, 5) is 4.87. The number of rotatable bonds is 7. The molecule has 1 aromatic heterocycles. The number of hydrogen-bond acceptors (Lipinski definition) is 3. The molecule has 0 spiro atoms. The van der Waals surface area contributed by atoms with Crippen molar-refractivity contribution >= 4 is 36.1 Å². The summed E-state index contributed by atoms with van der Waals surface area (Å²) in [5.74, 6) is 0.764. The average molecular weight is 473 g/mol. The molecule has 1 heterocycles. The fourth-order valence-electron chi connectivity index (χ4n) is 3.63. The highest BCUT2D eigenvalue weighted by Crippen LogP contribution is 2.29. The summed E-state index contributed by atoms with van der Waals surface area (Å²) in [5, 5.41) is 10.8. The van der Waals surface area contributed by atoms with Gasteiger partial charge in [0.05, 0.1) is 11.3 Å². The molecule has 0 aliphatic rings. The van der Waals surface area contributed by atoms with Crippen LogP contribution in [0.5, 0.6) is 0 Å². The molecule has 172 valence electrons. The van der Waals surface area contributed by atoms with Crippen molar-refractivity contribution in [3.63, 3.8) is 0 Å². The largest absolute Gasteiger partial charge is 0.241 e. The van der Waals surface area contributed by atoms with Crippen LogP contribution < -0.4 is 0 Å². The zero-order valence-electron chi connectivity index (χ0n) is 20.3. The fraction of sp³-hybridized carbons (Fsp3) is 0.125. The van der Waals surface area contributed by atoms with E-state index in [0.29, 0.717) is 5.56 Å². The third-order valence-corrected chi connectivity index (χ3v) is 6.85. The SMILES string of the molecule is Cc1ccc(/C=C/c2cc(/C=C/c3ccc(C)cc3)c(C#N)c(SCc3ccccc3C)n2)cc1. The molecule has 0 fully saturated rings. The first-order valence-corrected chi connectivity index (χ1v) is 12.6. The smallest absolute Gasteiger partial charge is 0.115 e. The second-order valence-corrected chi connectivity index (χ2v) is 9.60. The van der Waals surface area contributed by atoms with Crippen molar-refractivity contribution in [1.29, 1.82) is 5.26 Å². The van der Waals surface area contributed by atoms with Gasteiger partial charge in [0.15, 0.2) is 0 Å². The molecule has 3 heteroatoms. The van der Waals surface area contributed by atoms with Gasteiger partial charge in [0.1, 0.15) is 11.1 Å². The standard InChI is InChI=1S/C32H28N2S/c1-23-8-12-26(13-9-23)16-18-28-20-30(19-17-27-14-10-24(2)11-15-27)34-32(31(28)21-33)35-22-29-7-5-4-6-25(29)3/h4-20H,22H2,1-3H3/b18-16+,19-17+. The summed E-state index contributed by atoms with van der Waals surface area (Å²) in [6, 6.07) is 29.5. The highest BCUT2D eigenvalue weighted by molar-refractivity contribution is 7.98. The molecule has 3 aromatic carbocycles. The van der Waals surface area contributed by atoms with Gasteiger partial charge >= 0.3 is 0 Å². The first-order chi connectivity index (χ1) is 17.0. The van der Waals surface area contributed by atoms with Crippen LogP contribution in [0.25, 0.3) is 24.3 Å². The van der Waals surface area contributed by atoms with Crippen LogP contribution in [-0.4, -0.2) is 4.98 Å².